The van der Waals surface area contributed by atoms with E-state index in [4.69, 9.17) is 5.11 Å². The van der Waals surface area contributed by atoms with E-state index >= 15 is 0 Å². The Morgan fingerprint density at radius 3 is 2.29 bits per heavy atom. The van der Waals surface area contributed by atoms with Gasteiger partial charge in [0.05, 0.1) is 0 Å². The highest BCUT2D eigenvalue weighted by molar-refractivity contribution is 5.81. The van der Waals surface area contributed by atoms with Crippen molar-refractivity contribution in [3.63, 3.8) is 0 Å². The van der Waals surface area contributed by atoms with Gasteiger partial charge in [-0.15, -0.1) is 0 Å². The molecule has 0 fully saturated rings. The minimum atomic E-state index is -0.976. The monoisotopic (exact) mass is 333 g/mol. The molecule has 0 bridgehead atoms. The van der Waals surface area contributed by atoms with Gasteiger partial charge in [-0.25, -0.2) is 0 Å². The number of hydrogen-bond donors (Lipinski definition) is 1. The number of rotatable bonds is 7. The van der Waals surface area contributed by atoms with Gasteiger partial charge in [-0.1, -0.05) is 45.9 Å². The van der Waals surface area contributed by atoms with Crippen LogP contribution in [-0.2, 0) is 16.1 Å². The number of nitrogens with zero attached hydrogens (tertiary/aromatic N) is 1. The summed E-state index contributed by atoms with van der Waals surface area (Å²) in [5.74, 6) is -0.836. The summed E-state index contributed by atoms with van der Waals surface area (Å²) >= 11 is 0. The number of carboxylic acids is 1. The molecule has 1 atom stereocenters. The van der Waals surface area contributed by atoms with Crippen LogP contribution in [-0.4, -0.2) is 28.4 Å². The van der Waals surface area contributed by atoms with Gasteiger partial charge in [0, 0.05) is 13.0 Å². The Morgan fingerprint density at radius 2 is 1.79 bits per heavy atom. The Hall–Kier alpha value is -1.84. The number of aliphatic carboxylic acids is 1. The van der Waals surface area contributed by atoms with E-state index < -0.39 is 5.97 Å². The third-order valence-electron chi connectivity index (χ3n) is 4.11. The molecule has 1 aromatic carbocycles. The molecule has 0 spiro atoms. The van der Waals surface area contributed by atoms with Crippen LogP contribution in [0.25, 0.3) is 0 Å². The summed E-state index contributed by atoms with van der Waals surface area (Å²) in [6, 6.07) is 6.00. The zero-order chi connectivity index (χ0) is 18.5. The summed E-state index contributed by atoms with van der Waals surface area (Å²) in [6.07, 6.45) is 1.32. The van der Waals surface area contributed by atoms with Gasteiger partial charge in [0.15, 0.2) is 0 Å². The van der Waals surface area contributed by atoms with Crippen LogP contribution in [0.3, 0.4) is 0 Å². The molecule has 0 radical (unpaired) electrons. The lowest BCUT2D eigenvalue weighted by atomic mass is 9.84. The van der Waals surface area contributed by atoms with Crippen molar-refractivity contribution in [2.75, 3.05) is 6.54 Å². The van der Waals surface area contributed by atoms with Crippen molar-refractivity contribution in [1.82, 2.24) is 4.90 Å². The van der Waals surface area contributed by atoms with Gasteiger partial charge in [-0.2, -0.15) is 0 Å². The lowest BCUT2D eigenvalue weighted by molar-refractivity contribution is -0.145. The summed E-state index contributed by atoms with van der Waals surface area (Å²) < 4.78 is 0. The molecule has 1 N–H and O–H groups in total. The van der Waals surface area contributed by atoms with Gasteiger partial charge in [-0.3, -0.25) is 9.59 Å². The molecule has 4 heteroatoms. The zero-order valence-electron chi connectivity index (χ0n) is 15.8. The number of benzene rings is 1. The number of carbonyl (C=O) groups is 2. The first-order valence-electron chi connectivity index (χ1n) is 8.53. The highest BCUT2D eigenvalue weighted by Crippen LogP contribution is 2.26. The van der Waals surface area contributed by atoms with Crippen LogP contribution in [0.1, 0.15) is 57.2 Å². The van der Waals surface area contributed by atoms with E-state index in [0.717, 1.165) is 17.5 Å². The van der Waals surface area contributed by atoms with Crippen LogP contribution >= 0.6 is 0 Å². The molecule has 0 heterocycles. The predicted molar refractivity (Wildman–Crippen MR) is 96.8 cm³/mol. The van der Waals surface area contributed by atoms with Crippen LogP contribution < -0.4 is 0 Å². The van der Waals surface area contributed by atoms with Crippen LogP contribution in [0.2, 0.25) is 0 Å². The van der Waals surface area contributed by atoms with E-state index in [1.807, 2.05) is 32.0 Å². The Morgan fingerprint density at radius 1 is 1.17 bits per heavy atom. The van der Waals surface area contributed by atoms with Crippen molar-refractivity contribution < 1.29 is 14.7 Å². The Balaban J connectivity index is 2.81. The van der Waals surface area contributed by atoms with Crippen LogP contribution in [0.5, 0.6) is 0 Å². The molecule has 1 aromatic rings. The average Bonchev–Trinajstić information content (AvgIpc) is 2.39. The second-order valence-corrected chi connectivity index (χ2v) is 8.14. The third-order valence-corrected chi connectivity index (χ3v) is 4.11. The van der Waals surface area contributed by atoms with Crippen molar-refractivity contribution in [2.24, 2.45) is 11.3 Å². The fraction of sp³-hybridized carbons (Fsp3) is 0.600. The van der Waals surface area contributed by atoms with E-state index in [9.17, 15) is 9.59 Å². The predicted octanol–water partition coefficient (Wildman–Crippen LogP) is 4.18. The second kappa shape index (κ2) is 8.32. The first-order chi connectivity index (χ1) is 11.0. The van der Waals surface area contributed by atoms with Crippen LogP contribution in [0, 0.1) is 25.2 Å². The first kappa shape index (κ1) is 20.2. The van der Waals surface area contributed by atoms with Crippen molar-refractivity contribution in [3.05, 3.63) is 34.9 Å². The fourth-order valence-corrected chi connectivity index (χ4v) is 3.06. The molecular weight excluding hydrogens is 302 g/mol. The van der Waals surface area contributed by atoms with Crippen LogP contribution in [0.4, 0.5) is 0 Å². The first-order valence-corrected chi connectivity index (χ1v) is 8.53. The molecule has 1 amide bonds. The maximum atomic E-state index is 12.6. The quantitative estimate of drug-likeness (QED) is 0.814. The zero-order valence-corrected chi connectivity index (χ0v) is 15.8. The largest absolute Gasteiger partial charge is 0.480 e. The third kappa shape index (κ3) is 7.16. The lowest BCUT2D eigenvalue weighted by Gasteiger charge is -2.26. The molecule has 0 aliphatic carbocycles. The van der Waals surface area contributed by atoms with E-state index in [2.05, 4.69) is 27.7 Å². The van der Waals surface area contributed by atoms with Crippen molar-refractivity contribution in [2.45, 2.75) is 60.9 Å². The molecule has 24 heavy (non-hydrogen) atoms. The summed E-state index contributed by atoms with van der Waals surface area (Å²) in [7, 11) is 0. The fourth-order valence-electron chi connectivity index (χ4n) is 3.06. The van der Waals surface area contributed by atoms with Gasteiger partial charge >= 0.3 is 5.97 Å². The topological polar surface area (TPSA) is 57.6 Å². The number of hydrogen-bond acceptors (Lipinski definition) is 2. The number of aryl methyl sites for hydroxylation is 2. The normalized spacial score (nSPS) is 12.8. The van der Waals surface area contributed by atoms with Gasteiger partial charge in [0.1, 0.15) is 6.54 Å². The summed E-state index contributed by atoms with van der Waals surface area (Å²) in [5.41, 5.74) is 3.46. The van der Waals surface area contributed by atoms with E-state index in [1.54, 1.807) is 0 Å². The Bertz CT molecular complexity index is 587. The minimum Gasteiger partial charge on any atom is -0.480 e. The minimum absolute atomic E-state index is 0.0904. The van der Waals surface area contributed by atoms with Crippen molar-refractivity contribution in [3.8, 4) is 0 Å². The molecule has 4 nitrogen and oxygen atoms in total. The smallest absolute Gasteiger partial charge is 0.323 e. The maximum absolute atomic E-state index is 12.6. The number of carboxylic acid groups (broad SMARTS) is 1. The summed E-state index contributed by atoms with van der Waals surface area (Å²) in [5, 5.41) is 9.14. The Labute approximate surface area is 145 Å². The highest BCUT2D eigenvalue weighted by Gasteiger charge is 2.22. The van der Waals surface area contributed by atoms with Gasteiger partial charge in [0.2, 0.25) is 5.91 Å². The molecule has 134 valence electrons. The van der Waals surface area contributed by atoms with Crippen molar-refractivity contribution >= 4 is 11.9 Å². The standard InChI is InChI=1S/C20H31NO3/c1-14(11-20(4,5)6)9-18(22)21(13-19(23)24)12-17-8-7-15(2)16(3)10-17/h7-8,10,14H,9,11-13H2,1-6H3,(H,23,24). The number of amides is 1. The molecule has 0 aliphatic heterocycles. The molecule has 0 aliphatic rings. The summed E-state index contributed by atoms with van der Waals surface area (Å²) in [4.78, 5) is 25.2. The van der Waals surface area contributed by atoms with Gasteiger partial charge < -0.3 is 10.0 Å². The molecule has 1 rings (SSSR count). The lowest BCUT2D eigenvalue weighted by Crippen LogP contribution is -2.36. The van der Waals surface area contributed by atoms with E-state index in [1.165, 1.54) is 10.5 Å². The average molecular weight is 333 g/mol. The summed E-state index contributed by atoms with van der Waals surface area (Å²) in [6.45, 7) is 12.6. The number of carbonyl (C=O) groups excluding carboxylic acids is 1. The highest BCUT2D eigenvalue weighted by atomic mass is 16.4. The maximum Gasteiger partial charge on any atom is 0.323 e. The SMILES string of the molecule is Cc1ccc(CN(CC(=O)O)C(=O)CC(C)CC(C)(C)C)cc1C. The van der Waals surface area contributed by atoms with Crippen molar-refractivity contribution in [1.29, 1.82) is 0 Å². The van der Waals surface area contributed by atoms with E-state index in [0.29, 0.717) is 13.0 Å². The molecular formula is C20H31NO3. The van der Waals surface area contributed by atoms with E-state index in [-0.39, 0.29) is 23.8 Å². The molecule has 1 unspecified atom stereocenters. The molecule has 0 saturated heterocycles. The molecule has 0 aromatic heterocycles. The van der Waals surface area contributed by atoms with Gasteiger partial charge in [-0.05, 0) is 48.3 Å². The van der Waals surface area contributed by atoms with Crippen LogP contribution in [0.15, 0.2) is 18.2 Å². The molecule has 0 saturated carbocycles. The van der Waals surface area contributed by atoms with Gasteiger partial charge in [0.25, 0.3) is 0 Å². The second-order valence-electron chi connectivity index (χ2n) is 8.14. The Kier molecular flexibility index (Phi) is 7.00.